The molecule has 0 aliphatic heterocycles. The SMILES string of the molecule is CCC(Nc1ccc(C(=O)O)cc1C)c1cccc(Br)c1. The summed E-state index contributed by atoms with van der Waals surface area (Å²) >= 11 is 3.49. The molecule has 0 aliphatic rings. The van der Waals surface area contributed by atoms with Crippen LogP contribution in [0.1, 0.15) is 40.9 Å². The summed E-state index contributed by atoms with van der Waals surface area (Å²) < 4.78 is 1.05. The minimum atomic E-state index is -0.899. The number of aromatic carboxylic acids is 1. The Bertz CT molecular complexity index is 655. The summed E-state index contributed by atoms with van der Waals surface area (Å²) in [5.74, 6) is -0.899. The molecule has 110 valence electrons. The van der Waals surface area contributed by atoms with Crippen molar-refractivity contribution in [2.45, 2.75) is 26.3 Å². The van der Waals surface area contributed by atoms with Crippen molar-refractivity contribution in [2.75, 3.05) is 5.32 Å². The molecule has 4 heteroatoms. The topological polar surface area (TPSA) is 49.3 Å². The molecule has 0 bridgehead atoms. The number of hydrogen-bond acceptors (Lipinski definition) is 2. The highest BCUT2D eigenvalue weighted by Gasteiger charge is 2.12. The molecule has 0 aliphatic carbocycles. The van der Waals surface area contributed by atoms with Gasteiger partial charge in [0.15, 0.2) is 0 Å². The van der Waals surface area contributed by atoms with E-state index in [2.05, 4.69) is 40.3 Å². The third-order valence-corrected chi connectivity index (χ3v) is 3.96. The lowest BCUT2D eigenvalue weighted by Gasteiger charge is -2.20. The third kappa shape index (κ3) is 3.85. The van der Waals surface area contributed by atoms with Crippen LogP contribution in [0.2, 0.25) is 0 Å². The quantitative estimate of drug-likeness (QED) is 0.798. The predicted octanol–water partition coefficient (Wildman–Crippen LogP) is 5.02. The lowest BCUT2D eigenvalue weighted by molar-refractivity contribution is 0.0697. The smallest absolute Gasteiger partial charge is 0.335 e. The summed E-state index contributed by atoms with van der Waals surface area (Å²) in [5, 5.41) is 12.5. The second-order valence-corrected chi connectivity index (χ2v) is 5.91. The van der Waals surface area contributed by atoms with Gasteiger partial charge in [-0.25, -0.2) is 4.79 Å². The number of carboxylic acids is 1. The summed E-state index contributed by atoms with van der Waals surface area (Å²) in [6.45, 7) is 4.04. The van der Waals surface area contributed by atoms with Crippen LogP contribution in [0.3, 0.4) is 0 Å². The number of halogens is 1. The van der Waals surface area contributed by atoms with Crippen molar-refractivity contribution < 1.29 is 9.90 Å². The Morgan fingerprint density at radius 3 is 2.62 bits per heavy atom. The average Bonchev–Trinajstić information content (AvgIpc) is 2.45. The fourth-order valence-corrected chi connectivity index (χ4v) is 2.71. The molecule has 0 aromatic heterocycles. The van der Waals surface area contributed by atoms with Crippen molar-refractivity contribution in [1.29, 1.82) is 0 Å². The van der Waals surface area contributed by atoms with Crippen LogP contribution >= 0.6 is 15.9 Å². The van der Waals surface area contributed by atoms with Gasteiger partial charge in [0.25, 0.3) is 0 Å². The van der Waals surface area contributed by atoms with Gasteiger partial charge in [0.2, 0.25) is 0 Å². The van der Waals surface area contributed by atoms with E-state index < -0.39 is 5.97 Å². The molecule has 0 saturated heterocycles. The van der Waals surface area contributed by atoms with Crippen molar-refractivity contribution in [1.82, 2.24) is 0 Å². The summed E-state index contributed by atoms with van der Waals surface area (Å²) in [4.78, 5) is 11.0. The van der Waals surface area contributed by atoms with Crippen LogP contribution in [0.15, 0.2) is 46.9 Å². The van der Waals surface area contributed by atoms with E-state index in [0.717, 1.165) is 22.1 Å². The highest BCUT2D eigenvalue weighted by molar-refractivity contribution is 9.10. The molecule has 21 heavy (non-hydrogen) atoms. The van der Waals surface area contributed by atoms with E-state index >= 15 is 0 Å². The molecule has 0 fully saturated rings. The minimum Gasteiger partial charge on any atom is -0.478 e. The molecular formula is C17H18BrNO2. The number of nitrogens with one attached hydrogen (secondary N) is 1. The van der Waals surface area contributed by atoms with E-state index in [1.165, 1.54) is 5.56 Å². The van der Waals surface area contributed by atoms with Gasteiger partial charge in [-0.3, -0.25) is 0 Å². The Morgan fingerprint density at radius 2 is 2.05 bits per heavy atom. The zero-order valence-corrected chi connectivity index (χ0v) is 13.6. The van der Waals surface area contributed by atoms with Crippen molar-refractivity contribution in [3.8, 4) is 0 Å². The van der Waals surface area contributed by atoms with Gasteiger partial charge in [-0.05, 0) is 54.8 Å². The molecule has 2 N–H and O–H groups in total. The Morgan fingerprint density at radius 1 is 1.29 bits per heavy atom. The largest absolute Gasteiger partial charge is 0.478 e. The molecule has 0 heterocycles. The van der Waals surface area contributed by atoms with Crippen LogP contribution in [0.5, 0.6) is 0 Å². The third-order valence-electron chi connectivity index (χ3n) is 3.46. The number of carboxylic acid groups (broad SMARTS) is 1. The number of carbonyl (C=O) groups is 1. The van der Waals surface area contributed by atoms with E-state index in [4.69, 9.17) is 5.11 Å². The Kier molecular flexibility index (Phi) is 5.02. The first kappa shape index (κ1) is 15.6. The maximum Gasteiger partial charge on any atom is 0.335 e. The lowest BCUT2D eigenvalue weighted by atomic mass is 10.0. The van der Waals surface area contributed by atoms with Crippen LogP contribution in [0.4, 0.5) is 5.69 Å². The molecule has 3 nitrogen and oxygen atoms in total. The summed E-state index contributed by atoms with van der Waals surface area (Å²) in [5.41, 5.74) is 3.41. The lowest BCUT2D eigenvalue weighted by Crippen LogP contribution is -2.11. The number of hydrogen-bond donors (Lipinski definition) is 2. The Balaban J connectivity index is 2.25. The monoisotopic (exact) mass is 347 g/mol. The van der Waals surface area contributed by atoms with E-state index in [1.54, 1.807) is 12.1 Å². The van der Waals surface area contributed by atoms with Gasteiger partial charge >= 0.3 is 5.97 Å². The average molecular weight is 348 g/mol. The van der Waals surface area contributed by atoms with Crippen molar-refractivity contribution in [3.05, 3.63) is 63.6 Å². The second kappa shape index (κ2) is 6.76. The van der Waals surface area contributed by atoms with Crippen LogP contribution < -0.4 is 5.32 Å². The van der Waals surface area contributed by atoms with E-state index in [0.29, 0.717) is 5.56 Å². The van der Waals surface area contributed by atoms with Crippen molar-refractivity contribution in [2.24, 2.45) is 0 Å². The number of benzene rings is 2. The molecule has 0 spiro atoms. The fraction of sp³-hybridized carbons (Fsp3) is 0.235. The first-order chi connectivity index (χ1) is 10.0. The molecule has 1 atom stereocenters. The van der Waals surface area contributed by atoms with Crippen LogP contribution in [0.25, 0.3) is 0 Å². The highest BCUT2D eigenvalue weighted by Crippen LogP contribution is 2.27. The zero-order chi connectivity index (χ0) is 15.4. The number of aryl methyl sites for hydroxylation is 1. The maximum absolute atomic E-state index is 11.0. The van der Waals surface area contributed by atoms with Crippen molar-refractivity contribution in [3.63, 3.8) is 0 Å². The maximum atomic E-state index is 11.0. The summed E-state index contributed by atoms with van der Waals surface area (Å²) in [6.07, 6.45) is 0.941. The molecule has 2 aromatic rings. The van der Waals surface area contributed by atoms with Gasteiger partial charge in [-0.2, -0.15) is 0 Å². The Hall–Kier alpha value is -1.81. The summed E-state index contributed by atoms with van der Waals surface area (Å²) in [6, 6.07) is 13.6. The standard InChI is InChI=1S/C17H18BrNO2/c1-3-15(12-5-4-6-14(18)10-12)19-16-8-7-13(17(20)21)9-11(16)2/h4-10,15,19H,3H2,1-2H3,(H,20,21). The predicted molar refractivity (Wildman–Crippen MR) is 88.9 cm³/mol. The van der Waals surface area contributed by atoms with Crippen LogP contribution in [0, 0.1) is 6.92 Å². The van der Waals surface area contributed by atoms with Gasteiger partial charge in [-0.15, -0.1) is 0 Å². The van der Waals surface area contributed by atoms with Gasteiger partial charge in [0, 0.05) is 10.2 Å². The molecule has 0 amide bonds. The molecule has 2 aromatic carbocycles. The van der Waals surface area contributed by atoms with Crippen molar-refractivity contribution >= 4 is 27.6 Å². The van der Waals surface area contributed by atoms with Gasteiger partial charge in [-0.1, -0.05) is 35.0 Å². The minimum absolute atomic E-state index is 0.192. The van der Waals surface area contributed by atoms with Crippen LogP contribution in [-0.2, 0) is 0 Å². The molecule has 1 unspecified atom stereocenters. The Labute approximate surface area is 133 Å². The number of rotatable bonds is 5. The fourth-order valence-electron chi connectivity index (χ4n) is 2.29. The normalized spacial score (nSPS) is 12.0. The van der Waals surface area contributed by atoms with Crippen LogP contribution in [-0.4, -0.2) is 11.1 Å². The summed E-state index contributed by atoms with van der Waals surface area (Å²) in [7, 11) is 0. The first-order valence-corrected chi connectivity index (χ1v) is 7.66. The second-order valence-electron chi connectivity index (χ2n) is 5.00. The van der Waals surface area contributed by atoms with E-state index in [9.17, 15) is 4.79 Å². The van der Waals surface area contributed by atoms with Gasteiger partial charge in [0.1, 0.15) is 0 Å². The zero-order valence-electron chi connectivity index (χ0n) is 12.1. The molecule has 0 radical (unpaired) electrons. The van der Waals surface area contributed by atoms with E-state index in [-0.39, 0.29) is 6.04 Å². The molecular weight excluding hydrogens is 330 g/mol. The first-order valence-electron chi connectivity index (χ1n) is 6.87. The van der Waals surface area contributed by atoms with Gasteiger partial charge in [0.05, 0.1) is 11.6 Å². The molecule has 0 saturated carbocycles. The highest BCUT2D eigenvalue weighted by atomic mass is 79.9. The van der Waals surface area contributed by atoms with E-state index in [1.807, 2.05) is 25.1 Å². The molecule has 2 rings (SSSR count). The van der Waals surface area contributed by atoms with Gasteiger partial charge < -0.3 is 10.4 Å². The number of anilines is 1.